The van der Waals surface area contributed by atoms with Gasteiger partial charge < -0.3 is 16.4 Å². The molecule has 3 nitrogen and oxygen atoms in total. The molecule has 0 saturated carbocycles. The molecule has 0 atom stereocenters. The first-order valence-electron chi connectivity index (χ1n) is 1.99. The van der Waals surface area contributed by atoms with Crippen LogP contribution in [0.4, 0.5) is 0 Å². The minimum absolute atomic E-state index is 0.928. The van der Waals surface area contributed by atoms with E-state index in [4.69, 9.17) is 5.84 Å². The number of hydrogen-bond donors (Lipinski definition) is 1. The van der Waals surface area contributed by atoms with Crippen molar-refractivity contribution in [3.8, 4) is 0 Å². The van der Waals surface area contributed by atoms with Crippen LogP contribution in [0.25, 0.3) is 5.53 Å². The van der Waals surface area contributed by atoms with E-state index >= 15 is 0 Å². The Morgan fingerprint density at radius 1 is 1.86 bits per heavy atom. The molecule has 0 aliphatic rings. The van der Waals surface area contributed by atoms with Gasteiger partial charge in [0.05, 0.1) is 0 Å². The Bertz CT molecular complexity index is 41.2. The van der Waals surface area contributed by atoms with E-state index in [1.807, 2.05) is 7.05 Å². The summed E-state index contributed by atoms with van der Waals surface area (Å²) in [5.41, 5.74) is 3.41. The highest BCUT2D eigenvalue weighted by atomic mass is 127. The fourth-order valence-corrected chi connectivity index (χ4v) is 0.878. The van der Waals surface area contributed by atoms with Gasteiger partial charge in [0.15, 0.2) is 0 Å². The third-order valence-corrected chi connectivity index (χ3v) is 1.09. The van der Waals surface area contributed by atoms with Crippen molar-refractivity contribution in [1.82, 2.24) is 5.01 Å². The van der Waals surface area contributed by atoms with Crippen molar-refractivity contribution >= 4 is 22.6 Å². The molecule has 0 aromatic heterocycles. The van der Waals surface area contributed by atoms with Gasteiger partial charge >= 0.3 is 0 Å². The number of nitrogens with two attached hydrogens (primary N) is 1. The molecule has 0 aromatic rings. The van der Waals surface area contributed by atoms with Crippen LogP contribution in [0.5, 0.6) is 0 Å². The molecule has 0 fully saturated rings. The summed E-state index contributed by atoms with van der Waals surface area (Å²) >= 11 is 2.27. The summed E-state index contributed by atoms with van der Waals surface area (Å²) in [7, 11) is 1.85. The quantitative estimate of drug-likeness (QED) is 0.322. The number of nitrogens with zero attached hydrogens (tertiary/aromatic N) is 2. The highest BCUT2D eigenvalue weighted by molar-refractivity contribution is 14.1. The molecule has 0 saturated heterocycles. The first-order valence-corrected chi connectivity index (χ1v) is 3.51. The van der Waals surface area contributed by atoms with E-state index in [9.17, 15) is 0 Å². The van der Waals surface area contributed by atoms with Crippen LogP contribution >= 0.6 is 22.6 Å². The summed E-state index contributed by atoms with van der Waals surface area (Å²) in [4.78, 5) is 0. The molecule has 0 aliphatic heterocycles. The lowest BCUT2D eigenvalue weighted by atomic mass is 10.7. The van der Waals surface area contributed by atoms with Crippen LogP contribution < -0.4 is 5.84 Å². The van der Waals surface area contributed by atoms with Crippen LogP contribution in [0.1, 0.15) is 0 Å². The van der Waals surface area contributed by atoms with Gasteiger partial charge in [-0.25, -0.2) is 0 Å². The Hall–Kier alpha value is 0.610. The predicted octanol–water partition coefficient (Wildman–Crippen LogP) is 0.516. The maximum absolute atomic E-state index is 4.91. The van der Waals surface area contributed by atoms with Gasteiger partial charge in [0.2, 0.25) is 0 Å². The fraction of sp³-hybridized carbons (Fsp3) is 1.00. The molecule has 0 bridgehead atoms. The number of rotatable bonds is 3. The topological polar surface area (TPSA) is 43.4 Å². The Morgan fingerprint density at radius 2 is 2.43 bits per heavy atom. The number of halogens is 1. The van der Waals surface area contributed by atoms with Gasteiger partial charge in [-0.05, 0) is 13.6 Å². The van der Waals surface area contributed by atoms with Gasteiger partial charge in [-0.15, -0.1) is 0 Å². The van der Waals surface area contributed by atoms with Gasteiger partial charge in [0, 0.05) is 4.43 Å². The summed E-state index contributed by atoms with van der Waals surface area (Å²) in [6, 6.07) is 0. The standard InChI is InChI=1S/C3H9IN3/c1-7(6-5)3-2-4/h2-3,5H2,1H3/q-1. The minimum Gasteiger partial charge on any atom is -0.533 e. The molecule has 0 amide bonds. The van der Waals surface area contributed by atoms with Crippen LogP contribution in [0.15, 0.2) is 0 Å². The van der Waals surface area contributed by atoms with Crippen molar-refractivity contribution in [2.75, 3.05) is 18.0 Å². The molecule has 2 N–H and O–H groups in total. The van der Waals surface area contributed by atoms with Crippen LogP contribution in [0.3, 0.4) is 0 Å². The lowest BCUT2D eigenvalue weighted by molar-refractivity contribution is 0.446. The van der Waals surface area contributed by atoms with Crippen LogP contribution in [-0.2, 0) is 0 Å². The van der Waals surface area contributed by atoms with Crippen molar-refractivity contribution in [1.29, 1.82) is 0 Å². The molecular weight excluding hydrogens is 205 g/mol. The molecule has 0 unspecified atom stereocenters. The summed E-state index contributed by atoms with van der Waals surface area (Å²) in [5, 5.41) is 1.70. The maximum Gasteiger partial charge on any atom is 0.0109 e. The maximum atomic E-state index is 4.91. The van der Waals surface area contributed by atoms with E-state index in [1.165, 1.54) is 0 Å². The van der Waals surface area contributed by atoms with E-state index < -0.39 is 0 Å². The second kappa shape index (κ2) is 4.76. The zero-order valence-electron chi connectivity index (χ0n) is 4.26. The van der Waals surface area contributed by atoms with E-state index in [1.54, 1.807) is 5.01 Å². The molecule has 0 aromatic carbocycles. The second-order valence-electron chi connectivity index (χ2n) is 1.19. The number of hydrogen-bond acceptors (Lipinski definition) is 2. The Labute approximate surface area is 57.3 Å². The van der Waals surface area contributed by atoms with Gasteiger partial charge in [-0.1, -0.05) is 22.6 Å². The summed E-state index contributed by atoms with van der Waals surface area (Å²) in [6.45, 7) is 0.928. The Kier molecular flexibility index (Phi) is 5.18. The zero-order valence-corrected chi connectivity index (χ0v) is 6.42. The molecule has 0 radical (unpaired) electrons. The fourth-order valence-electron chi connectivity index (χ4n) is 0.180. The van der Waals surface area contributed by atoms with Crippen molar-refractivity contribution in [3.63, 3.8) is 0 Å². The normalized spacial score (nSPS) is 10.3. The average Bonchev–Trinajstić information content (AvgIpc) is 1.68. The molecule has 0 heterocycles. The monoisotopic (exact) mass is 214 g/mol. The van der Waals surface area contributed by atoms with Gasteiger partial charge in [-0.2, -0.15) is 0 Å². The molecular formula is C3H9IN3-. The minimum atomic E-state index is 0.928. The third-order valence-electron chi connectivity index (χ3n) is 0.605. The lowest BCUT2D eigenvalue weighted by Crippen LogP contribution is -2.18. The van der Waals surface area contributed by atoms with Crippen molar-refractivity contribution in [2.45, 2.75) is 0 Å². The van der Waals surface area contributed by atoms with Gasteiger partial charge in [0.25, 0.3) is 0 Å². The molecule has 0 rings (SSSR count). The second-order valence-corrected chi connectivity index (χ2v) is 2.26. The predicted molar refractivity (Wildman–Crippen MR) is 39.1 cm³/mol. The van der Waals surface area contributed by atoms with Crippen LogP contribution in [0.2, 0.25) is 0 Å². The van der Waals surface area contributed by atoms with Gasteiger partial charge in [0.1, 0.15) is 0 Å². The SMILES string of the molecule is CN(CCI)[N-]N. The average molecular weight is 214 g/mol. The Balaban J connectivity index is 2.83. The summed E-state index contributed by atoms with van der Waals surface area (Å²) in [6.07, 6.45) is 0. The lowest BCUT2D eigenvalue weighted by Gasteiger charge is -2.27. The molecule has 7 heavy (non-hydrogen) atoms. The van der Waals surface area contributed by atoms with Crippen molar-refractivity contribution in [2.24, 2.45) is 5.84 Å². The van der Waals surface area contributed by atoms with Crippen molar-refractivity contribution < 1.29 is 0 Å². The zero-order chi connectivity index (χ0) is 5.70. The molecule has 44 valence electrons. The first-order chi connectivity index (χ1) is 3.31. The van der Waals surface area contributed by atoms with E-state index in [0.717, 1.165) is 11.0 Å². The van der Waals surface area contributed by atoms with E-state index in [-0.39, 0.29) is 0 Å². The van der Waals surface area contributed by atoms with Crippen molar-refractivity contribution in [3.05, 3.63) is 5.53 Å². The van der Waals surface area contributed by atoms with Gasteiger partial charge in [-0.3, -0.25) is 0 Å². The molecule has 0 spiro atoms. The van der Waals surface area contributed by atoms with E-state index in [0.29, 0.717) is 0 Å². The summed E-state index contributed by atoms with van der Waals surface area (Å²) < 4.78 is 1.06. The van der Waals surface area contributed by atoms with Crippen LogP contribution in [0, 0.1) is 0 Å². The highest BCUT2D eigenvalue weighted by Crippen LogP contribution is 1.87. The third kappa shape index (κ3) is 4.46. The largest absolute Gasteiger partial charge is 0.533 e. The summed E-state index contributed by atoms with van der Waals surface area (Å²) in [5.74, 6) is 4.91. The van der Waals surface area contributed by atoms with Crippen LogP contribution in [-0.4, -0.2) is 23.0 Å². The first kappa shape index (κ1) is 7.61. The number of alkyl halides is 1. The molecule has 4 heteroatoms. The van der Waals surface area contributed by atoms with E-state index in [2.05, 4.69) is 28.1 Å². The highest BCUT2D eigenvalue weighted by Gasteiger charge is 1.77. The molecule has 0 aliphatic carbocycles. The smallest absolute Gasteiger partial charge is 0.0109 e. The Morgan fingerprint density at radius 3 is 2.57 bits per heavy atom.